The summed E-state index contributed by atoms with van der Waals surface area (Å²) in [4.78, 5) is 27.3. The Morgan fingerprint density at radius 3 is 2.48 bits per heavy atom. The molecule has 1 fully saturated rings. The van der Waals surface area contributed by atoms with Crippen LogP contribution < -0.4 is 4.90 Å². The van der Waals surface area contributed by atoms with E-state index in [2.05, 4.69) is 15.9 Å². The maximum atomic E-state index is 12.7. The molecule has 1 aromatic carbocycles. The van der Waals surface area contributed by atoms with Gasteiger partial charge in [-0.15, -0.1) is 0 Å². The summed E-state index contributed by atoms with van der Waals surface area (Å²) in [5.41, 5.74) is 1.61. The van der Waals surface area contributed by atoms with Crippen LogP contribution in [0.1, 0.15) is 31.7 Å². The summed E-state index contributed by atoms with van der Waals surface area (Å²) in [5, 5.41) is 0. The summed E-state index contributed by atoms with van der Waals surface area (Å²) in [6.45, 7) is 3.47. The molecule has 0 aromatic heterocycles. The summed E-state index contributed by atoms with van der Waals surface area (Å²) in [5.74, 6) is -0.433. The van der Waals surface area contributed by atoms with Crippen molar-refractivity contribution in [2.24, 2.45) is 0 Å². The number of rotatable bonds is 4. The van der Waals surface area contributed by atoms with Crippen LogP contribution in [0.2, 0.25) is 0 Å². The molecule has 1 saturated heterocycles. The van der Waals surface area contributed by atoms with Gasteiger partial charge >= 0.3 is 0 Å². The third-order valence-electron chi connectivity index (χ3n) is 4.79. The summed E-state index contributed by atoms with van der Waals surface area (Å²) < 4.78 is 26.0. The van der Waals surface area contributed by atoms with E-state index < -0.39 is 9.84 Å². The summed E-state index contributed by atoms with van der Waals surface area (Å²) in [6.07, 6.45) is 2.66. The first-order valence-electron chi connectivity index (χ1n) is 8.40. The highest BCUT2D eigenvalue weighted by Crippen LogP contribution is 2.36. The molecule has 25 heavy (non-hydrogen) atoms. The highest BCUT2D eigenvalue weighted by molar-refractivity contribution is 9.10. The maximum Gasteiger partial charge on any atom is 0.223 e. The number of anilines is 1. The molecular formula is C17H21BrN2O4S. The number of sulfone groups is 1. The van der Waals surface area contributed by atoms with Crippen LogP contribution in [0.25, 0.3) is 0 Å². The SMILES string of the molecule is CC(=O)N1CCc2cc(Br)c(S(=O)(=O)CCC(=O)N3CCCC3)cc21. The molecule has 0 radical (unpaired) electrons. The second-order valence-electron chi connectivity index (χ2n) is 6.49. The van der Waals surface area contributed by atoms with Gasteiger partial charge in [0.15, 0.2) is 9.84 Å². The molecule has 0 aliphatic carbocycles. The van der Waals surface area contributed by atoms with Gasteiger partial charge in [-0.3, -0.25) is 9.59 Å². The van der Waals surface area contributed by atoms with E-state index in [1.165, 1.54) is 6.92 Å². The minimum atomic E-state index is -3.62. The molecule has 0 unspecified atom stereocenters. The number of halogens is 1. The average Bonchev–Trinajstić information content (AvgIpc) is 3.20. The molecule has 0 saturated carbocycles. The first kappa shape index (κ1) is 18.4. The zero-order valence-electron chi connectivity index (χ0n) is 14.1. The minimum absolute atomic E-state index is 0.0116. The zero-order chi connectivity index (χ0) is 18.2. The Morgan fingerprint density at radius 1 is 1.16 bits per heavy atom. The van der Waals surface area contributed by atoms with Crippen molar-refractivity contribution in [2.75, 3.05) is 30.3 Å². The van der Waals surface area contributed by atoms with Crippen LogP contribution in [0.4, 0.5) is 5.69 Å². The molecule has 0 bridgehead atoms. The van der Waals surface area contributed by atoms with Gasteiger partial charge in [-0.1, -0.05) is 0 Å². The fraction of sp³-hybridized carbons (Fsp3) is 0.529. The average molecular weight is 429 g/mol. The van der Waals surface area contributed by atoms with Gasteiger partial charge in [0.1, 0.15) is 0 Å². The van der Waals surface area contributed by atoms with E-state index >= 15 is 0 Å². The van der Waals surface area contributed by atoms with Crippen LogP contribution in [-0.4, -0.2) is 50.5 Å². The molecule has 2 amide bonds. The number of hydrogen-bond acceptors (Lipinski definition) is 4. The summed E-state index contributed by atoms with van der Waals surface area (Å²) in [6, 6.07) is 3.33. The number of carbonyl (C=O) groups is 2. The van der Waals surface area contributed by atoms with Crippen LogP contribution in [-0.2, 0) is 25.8 Å². The molecule has 3 rings (SSSR count). The molecule has 2 aliphatic rings. The molecule has 2 aliphatic heterocycles. The van der Waals surface area contributed by atoms with Crippen molar-refractivity contribution in [1.82, 2.24) is 4.90 Å². The van der Waals surface area contributed by atoms with Crippen LogP contribution in [0.15, 0.2) is 21.5 Å². The van der Waals surface area contributed by atoms with Gasteiger partial charge in [0.05, 0.1) is 10.6 Å². The van der Waals surface area contributed by atoms with E-state index in [4.69, 9.17) is 0 Å². The van der Waals surface area contributed by atoms with Gasteiger partial charge in [-0.2, -0.15) is 0 Å². The molecule has 136 valence electrons. The first-order chi connectivity index (χ1) is 11.8. The molecule has 8 heteroatoms. The lowest BCUT2D eigenvalue weighted by Gasteiger charge is -2.17. The van der Waals surface area contributed by atoms with Crippen molar-refractivity contribution >= 4 is 43.3 Å². The molecule has 2 heterocycles. The second-order valence-corrected chi connectivity index (χ2v) is 9.42. The van der Waals surface area contributed by atoms with Crippen LogP contribution in [0.3, 0.4) is 0 Å². The number of fused-ring (bicyclic) bond motifs is 1. The number of likely N-dealkylation sites (tertiary alicyclic amines) is 1. The van der Waals surface area contributed by atoms with E-state index in [0.717, 1.165) is 31.5 Å². The molecule has 0 spiro atoms. The molecule has 1 aromatic rings. The van der Waals surface area contributed by atoms with Crippen LogP contribution in [0.5, 0.6) is 0 Å². The third-order valence-corrected chi connectivity index (χ3v) is 7.46. The smallest absolute Gasteiger partial charge is 0.223 e. The van der Waals surface area contributed by atoms with Crippen molar-refractivity contribution in [1.29, 1.82) is 0 Å². The Hall–Kier alpha value is -1.41. The second kappa shape index (κ2) is 7.07. The fourth-order valence-corrected chi connectivity index (χ4v) is 5.85. The minimum Gasteiger partial charge on any atom is -0.343 e. The number of carbonyl (C=O) groups excluding carboxylic acids is 2. The number of amides is 2. The Kier molecular flexibility index (Phi) is 5.20. The topological polar surface area (TPSA) is 74.8 Å². The normalized spacial score (nSPS) is 17.0. The van der Waals surface area contributed by atoms with E-state index in [-0.39, 0.29) is 28.9 Å². The van der Waals surface area contributed by atoms with Gasteiger partial charge < -0.3 is 9.80 Å². The highest BCUT2D eigenvalue weighted by atomic mass is 79.9. The van der Waals surface area contributed by atoms with Crippen molar-refractivity contribution in [3.63, 3.8) is 0 Å². The van der Waals surface area contributed by atoms with Crippen molar-refractivity contribution in [3.05, 3.63) is 22.2 Å². The van der Waals surface area contributed by atoms with E-state index in [1.54, 1.807) is 21.9 Å². The van der Waals surface area contributed by atoms with Crippen molar-refractivity contribution < 1.29 is 18.0 Å². The fourth-order valence-electron chi connectivity index (χ4n) is 3.41. The lowest BCUT2D eigenvalue weighted by Crippen LogP contribution is -2.29. The molecular weight excluding hydrogens is 408 g/mol. The predicted octanol–water partition coefficient (Wildman–Crippen LogP) is 2.14. The third kappa shape index (κ3) is 3.74. The quantitative estimate of drug-likeness (QED) is 0.735. The van der Waals surface area contributed by atoms with Gasteiger partial charge in [0.25, 0.3) is 0 Å². The largest absolute Gasteiger partial charge is 0.343 e. The first-order valence-corrected chi connectivity index (χ1v) is 10.8. The Morgan fingerprint density at radius 2 is 1.84 bits per heavy atom. The number of benzene rings is 1. The lowest BCUT2D eigenvalue weighted by atomic mass is 10.2. The lowest BCUT2D eigenvalue weighted by molar-refractivity contribution is -0.129. The van der Waals surface area contributed by atoms with Crippen molar-refractivity contribution in [3.8, 4) is 0 Å². The monoisotopic (exact) mass is 428 g/mol. The maximum absolute atomic E-state index is 12.7. The summed E-state index contributed by atoms with van der Waals surface area (Å²) in [7, 11) is -3.62. The Balaban J connectivity index is 1.81. The number of hydrogen-bond donors (Lipinski definition) is 0. The van der Waals surface area contributed by atoms with Gasteiger partial charge in [0.2, 0.25) is 11.8 Å². The van der Waals surface area contributed by atoms with E-state index in [0.29, 0.717) is 23.1 Å². The van der Waals surface area contributed by atoms with Gasteiger partial charge in [-0.05, 0) is 52.9 Å². The molecule has 0 atom stereocenters. The molecule has 0 N–H and O–H groups in total. The molecule has 6 nitrogen and oxygen atoms in total. The highest BCUT2D eigenvalue weighted by Gasteiger charge is 2.28. The van der Waals surface area contributed by atoms with E-state index in [1.807, 2.05) is 0 Å². The standard InChI is InChI=1S/C17H21BrN2O4S/c1-12(21)20-8-4-13-10-14(18)16(11-15(13)20)25(23,24)9-5-17(22)19-6-2-3-7-19/h10-11H,2-9H2,1H3. The van der Waals surface area contributed by atoms with Gasteiger partial charge in [0, 0.05) is 43.1 Å². The van der Waals surface area contributed by atoms with E-state index in [9.17, 15) is 18.0 Å². The zero-order valence-corrected chi connectivity index (χ0v) is 16.5. The summed E-state index contributed by atoms with van der Waals surface area (Å²) >= 11 is 3.34. The van der Waals surface area contributed by atoms with Crippen LogP contribution in [0, 0.1) is 0 Å². The Labute approximate surface area is 156 Å². The Bertz CT molecular complexity index is 816. The number of nitrogens with zero attached hydrogens (tertiary/aromatic N) is 2. The predicted molar refractivity (Wildman–Crippen MR) is 98.4 cm³/mol. The van der Waals surface area contributed by atoms with Gasteiger partial charge in [-0.25, -0.2) is 8.42 Å². The van der Waals surface area contributed by atoms with Crippen LogP contribution >= 0.6 is 15.9 Å². The van der Waals surface area contributed by atoms with Crippen molar-refractivity contribution in [2.45, 2.75) is 37.5 Å².